The van der Waals surface area contributed by atoms with E-state index in [1.807, 2.05) is 30.3 Å². The van der Waals surface area contributed by atoms with Gasteiger partial charge in [-0.05, 0) is 62.8 Å². The molecule has 10 heteroatoms. The monoisotopic (exact) mass is 576 g/mol. The van der Waals surface area contributed by atoms with Gasteiger partial charge >= 0.3 is 6.18 Å². The van der Waals surface area contributed by atoms with Gasteiger partial charge in [-0.3, -0.25) is 14.5 Å². The highest BCUT2D eigenvalue weighted by Crippen LogP contribution is 2.36. The van der Waals surface area contributed by atoms with Crippen LogP contribution in [-0.4, -0.2) is 33.7 Å². The second-order valence-corrected chi connectivity index (χ2v) is 11.3. The standard InChI is InChI=1S/C29H31F3N2O3S2/c30-29(31,32)22-14-7-8-15-23(22)33-26(35)17-5-2-10-18-34-27(36)25(39-28(34)38)19-20-11-6-9-16-24(20)37-21-12-3-1-4-13-21/h6-9,11,14-16,19,21H,1-5,10,12-13,17-18H2,(H,33,35)/b25-19-. The molecule has 0 atom stereocenters. The van der Waals surface area contributed by atoms with E-state index in [9.17, 15) is 22.8 Å². The SMILES string of the molecule is O=C(CCCCCN1C(=O)/C(=C/c2ccccc2OC2CCCCC2)SC1=S)Nc1ccccc1C(F)(F)F. The van der Waals surface area contributed by atoms with Crippen molar-refractivity contribution in [2.75, 3.05) is 11.9 Å². The van der Waals surface area contributed by atoms with Gasteiger partial charge in [-0.1, -0.05) is 67.2 Å². The number of ether oxygens (including phenoxy) is 1. The van der Waals surface area contributed by atoms with E-state index >= 15 is 0 Å². The molecule has 2 aliphatic rings. The van der Waals surface area contributed by atoms with Gasteiger partial charge in [0.25, 0.3) is 5.91 Å². The van der Waals surface area contributed by atoms with Crippen molar-refractivity contribution in [2.45, 2.75) is 70.1 Å². The van der Waals surface area contributed by atoms with Crippen LogP contribution in [0.2, 0.25) is 0 Å². The molecule has 39 heavy (non-hydrogen) atoms. The van der Waals surface area contributed by atoms with Crippen molar-refractivity contribution >= 4 is 51.9 Å². The smallest absolute Gasteiger partial charge is 0.418 e. The number of para-hydroxylation sites is 2. The Kier molecular flexibility index (Phi) is 10.1. The Labute approximate surface area is 236 Å². The van der Waals surface area contributed by atoms with Crippen LogP contribution in [0.1, 0.15) is 68.9 Å². The van der Waals surface area contributed by atoms with E-state index in [1.54, 1.807) is 4.90 Å². The first kappa shape index (κ1) is 29.1. The molecule has 1 saturated heterocycles. The van der Waals surface area contributed by atoms with Gasteiger partial charge < -0.3 is 10.1 Å². The van der Waals surface area contributed by atoms with Crippen LogP contribution >= 0.6 is 24.0 Å². The number of anilines is 1. The average Bonchev–Trinajstić information content (AvgIpc) is 3.17. The minimum absolute atomic E-state index is 0.0856. The molecule has 0 radical (unpaired) electrons. The number of hydrogen-bond donors (Lipinski definition) is 1. The summed E-state index contributed by atoms with van der Waals surface area (Å²) in [6, 6.07) is 12.6. The van der Waals surface area contributed by atoms with E-state index in [1.165, 1.54) is 49.2 Å². The Hall–Kier alpha value is -2.85. The van der Waals surface area contributed by atoms with Gasteiger partial charge in [-0.15, -0.1) is 0 Å². The fraction of sp³-hybridized carbons (Fsp3) is 0.414. The third-order valence-corrected chi connectivity index (χ3v) is 8.09. The number of amides is 2. The van der Waals surface area contributed by atoms with Crippen molar-refractivity contribution in [3.05, 3.63) is 64.6 Å². The highest BCUT2D eigenvalue weighted by atomic mass is 32.2. The van der Waals surface area contributed by atoms with Crippen LogP contribution in [-0.2, 0) is 15.8 Å². The molecular weight excluding hydrogens is 545 g/mol. The molecule has 0 unspecified atom stereocenters. The molecule has 1 N–H and O–H groups in total. The Morgan fingerprint density at radius 2 is 1.77 bits per heavy atom. The zero-order valence-electron chi connectivity index (χ0n) is 21.5. The summed E-state index contributed by atoms with van der Waals surface area (Å²) in [4.78, 5) is 27.4. The number of rotatable bonds is 10. The predicted molar refractivity (Wildman–Crippen MR) is 152 cm³/mol. The normalized spacial score (nSPS) is 17.6. The Balaban J connectivity index is 1.25. The molecule has 1 aliphatic carbocycles. The van der Waals surface area contributed by atoms with Crippen molar-refractivity contribution in [3.63, 3.8) is 0 Å². The summed E-state index contributed by atoms with van der Waals surface area (Å²) in [5.41, 5.74) is -0.268. The van der Waals surface area contributed by atoms with E-state index in [-0.39, 0.29) is 24.1 Å². The van der Waals surface area contributed by atoms with E-state index < -0.39 is 17.6 Å². The second-order valence-electron chi connectivity index (χ2n) is 9.65. The number of carbonyl (C=O) groups excluding carboxylic acids is 2. The summed E-state index contributed by atoms with van der Waals surface area (Å²) in [6.07, 6.45) is 4.97. The van der Waals surface area contributed by atoms with Crippen LogP contribution in [0.5, 0.6) is 5.75 Å². The third kappa shape index (κ3) is 8.08. The molecule has 0 bridgehead atoms. The lowest BCUT2D eigenvalue weighted by molar-refractivity contribution is -0.137. The van der Waals surface area contributed by atoms with Crippen LogP contribution in [0.3, 0.4) is 0 Å². The first-order chi connectivity index (χ1) is 18.7. The van der Waals surface area contributed by atoms with Crippen LogP contribution in [0, 0.1) is 0 Å². The molecule has 5 nitrogen and oxygen atoms in total. The molecule has 1 aliphatic heterocycles. The van der Waals surface area contributed by atoms with Crippen molar-refractivity contribution in [3.8, 4) is 5.75 Å². The van der Waals surface area contributed by atoms with E-state index in [0.717, 1.165) is 30.2 Å². The lowest BCUT2D eigenvalue weighted by Crippen LogP contribution is -2.29. The predicted octanol–water partition coefficient (Wildman–Crippen LogP) is 7.82. The quantitative estimate of drug-likeness (QED) is 0.178. The summed E-state index contributed by atoms with van der Waals surface area (Å²) in [5.74, 6) is 0.138. The van der Waals surface area contributed by atoms with Crippen molar-refractivity contribution in [1.82, 2.24) is 4.90 Å². The number of alkyl halides is 3. The van der Waals surface area contributed by atoms with Gasteiger partial charge in [0.2, 0.25) is 5.91 Å². The third-order valence-electron chi connectivity index (χ3n) is 6.72. The molecule has 1 heterocycles. The maximum absolute atomic E-state index is 13.1. The fourth-order valence-electron chi connectivity index (χ4n) is 4.69. The molecule has 0 aromatic heterocycles. The van der Waals surface area contributed by atoms with E-state index in [0.29, 0.717) is 35.0 Å². The summed E-state index contributed by atoms with van der Waals surface area (Å²) in [5, 5.41) is 2.36. The van der Waals surface area contributed by atoms with Gasteiger partial charge in [0.1, 0.15) is 10.1 Å². The zero-order valence-corrected chi connectivity index (χ0v) is 23.1. The van der Waals surface area contributed by atoms with Crippen LogP contribution in [0.4, 0.5) is 18.9 Å². The largest absolute Gasteiger partial charge is 0.490 e. The van der Waals surface area contributed by atoms with Gasteiger partial charge in [-0.2, -0.15) is 13.2 Å². The maximum Gasteiger partial charge on any atom is 0.418 e. The number of hydrogen-bond acceptors (Lipinski definition) is 5. The van der Waals surface area contributed by atoms with E-state index in [2.05, 4.69) is 5.32 Å². The molecule has 2 fully saturated rings. The van der Waals surface area contributed by atoms with Gasteiger partial charge in [-0.25, -0.2) is 0 Å². The molecule has 1 saturated carbocycles. The molecular formula is C29H31F3N2O3S2. The molecule has 2 aromatic carbocycles. The molecule has 2 amide bonds. The summed E-state index contributed by atoms with van der Waals surface area (Å²) in [7, 11) is 0. The zero-order chi connectivity index (χ0) is 27.8. The van der Waals surface area contributed by atoms with Gasteiger partial charge in [0.15, 0.2) is 0 Å². The fourth-order valence-corrected chi connectivity index (χ4v) is 5.99. The number of thioether (sulfide) groups is 1. The van der Waals surface area contributed by atoms with Crippen molar-refractivity contribution in [2.24, 2.45) is 0 Å². The lowest BCUT2D eigenvalue weighted by atomic mass is 9.97. The topological polar surface area (TPSA) is 58.6 Å². The summed E-state index contributed by atoms with van der Waals surface area (Å²) in [6.45, 7) is 0.417. The minimum Gasteiger partial charge on any atom is -0.490 e. The van der Waals surface area contributed by atoms with E-state index in [4.69, 9.17) is 17.0 Å². The number of halogens is 3. The van der Waals surface area contributed by atoms with Crippen molar-refractivity contribution < 1.29 is 27.5 Å². The first-order valence-electron chi connectivity index (χ1n) is 13.2. The number of benzene rings is 2. The Morgan fingerprint density at radius 3 is 2.54 bits per heavy atom. The molecule has 208 valence electrons. The maximum atomic E-state index is 13.1. The second kappa shape index (κ2) is 13.5. The Bertz CT molecular complexity index is 1230. The number of nitrogens with one attached hydrogen (secondary N) is 1. The Morgan fingerprint density at radius 1 is 1.05 bits per heavy atom. The van der Waals surface area contributed by atoms with Crippen LogP contribution in [0.25, 0.3) is 6.08 Å². The number of nitrogens with zero attached hydrogens (tertiary/aromatic N) is 1. The first-order valence-corrected chi connectivity index (χ1v) is 14.4. The lowest BCUT2D eigenvalue weighted by Gasteiger charge is -2.23. The van der Waals surface area contributed by atoms with Crippen LogP contribution < -0.4 is 10.1 Å². The summed E-state index contributed by atoms with van der Waals surface area (Å²) >= 11 is 6.71. The highest BCUT2D eigenvalue weighted by Gasteiger charge is 2.34. The van der Waals surface area contributed by atoms with Crippen molar-refractivity contribution in [1.29, 1.82) is 0 Å². The van der Waals surface area contributed by atoms with Crippen LogP contribution in [0.15, 0.2) is 53.4 Å². The number of thiocarbonyl (C=S) groups is 1. The van der Waals surface area contributed by atoms with Gasteiger partial charge in [0, 0.05) is 18.5 Å². The highest BCUT2D eigenvalue weighted by molar-refractivity contribution is 8.26. The molecule has 4 rings (SSSR count). The number of unbranched alkanes of at least 4 members (excludes halogenated alkanes) is 2. The summed E-state index contributed by atoms with van der Waals surface area (Å²) < 4.78 is 46.1. The molecule has 2 aromatic rings. The number of carbonyl (C=O) groups is 2. The molecule has 0 spiro atoms. The minimum atomic E-state index is -4.54. The average molecular weight is 577 g/mol. The van der Waals surface area contributed by atoms with Gasteiger partial charge in [0.05, 0.1) is 22.3 Å².